The molecular formula is C13H16N2. The summed E-state index contributed by atoms with van der Waals surface area (Å²) in [5.74, 6) is 1.01. The molecule has 0 radical (unpaired) electrons. The Morgan fingerprint density at radius 1 is 1.27 bits per heavy atom. The Balaban J connectivity index is 2.24. The molecule has 0 bridgehead atoms. The molecule has 1 aliphatic rings. The number of benzene rings is 1. The molecule has 15 heavy (non-hydrogen) atoms. The van der Waals surface area contributed by atoms with E-state index in [4.69, 9.17) is 0 Å². The van der Waals surface area contributed by atoms with E-state index >= 15 is 0 Å². The highest BCUT2D eigenvalue weighted by Crippen LogP contribution is 2.12. The van der Waals surface area contributed by atoms with Gasteiger partial charge in [0.1, 0.15) is 5.84 Å². The van der Waals surface area contributed by atoms with Crippen molar-refractivity contribution in [2.45, 2.75) is 25.9 Å². The summed E-state index contributed by atoms with van der Waals surface area (Å²) in [6.07, 6.45) is 1.85. The standard InChI is InChI=1S/C13H16N2/c1-4-11-5-7-12(8-6-11)13-14-9(2)10(3)15-13/h4-10H,1H2,2-3H3,(H,14,15). The van der Waals surface area contributed by atoms with Crippen LogP contribution in [0.4, 0.5) is 0 Å². The number of aliphatic imine (C=N–C) groups is 1. The van der Waals surface area contributed by atoms with Crippen LogP contribution in [0.25, 0.3) is 6.08 Å². The van der Waals surface area contributed by atoms with Crippen LogP contribution in [-0.2, 0) is 0 Å². The van der Waals surface area contributed by atoms with Crippen molar-refractivity contribution in [1.29, 1.82) is 0 Å². The van der Waals surface area contributed by atoms with Gasteiger partial charge in [-0.3, -0.25) is 4.99 Å². The van der Waals surface area contributed by atoms with Crippen LogP contribution in [0.5, 0.6) is 0 Å². The molecule has 2 heteroatoms. The van der Waals surface area contributed by atoms with E-state index in [9.17, 15) is 0 Å². The van der Waals surface area contributed by atoms with E-state index < -0.39 is 0 Å². The Kier molecular flexibility index (Phi) is 2.58. The minimum atomic E-state index is 0.360. The zero-order valence-corrected chi connectivity index (χ0v) is 9.20. The quantitative estimate of drug-likeness (QED) is 0.779. The van der Waals surface area contributed by atoms with Crippen LogP contribution in [0.15, 0.2) is 35.8 Å². The first-order valence-electron chi connectivity index (χ1n) is 5.28. The number of nitrogens with zero attached hydrogens (tertiary/aromatic N) is 1. The third-order valence-corrected chi connectivity index (χ3v) is 2.84. The molecule has 2 nitrogen and oxygen atoms in total. The van der Waals surface area contributed by atoms with Crippen molar-refractivity contribution >= 4 is 11.9 Å². The summed E-state index contributed by atoms with van der Waals surface area (Å²) in [7, 11) is 0. The summed E-state index contributed by atoms with van der Waals surface area (Å²) in [5.41, 5.74) is 2.29. The van der Waals surface area contributed by atoms with Gasteiger partial charge < -0.3 is 5.32 Å². The molecular weight excluding hydrogens is 184 g/mol. The lowest BCUT2D eigenvalue weighted by Gasteiger charge is -2.08. The summed E-state index contributed by atoms with van der Waals surface area (Å²) in [4.78, 5) is 4.57. The lowest BCUT2D eigenvalue weighted by atomic mass is 10.1. The fourth-order valence-corrected chi connectivity index (χ4v) is 1.62. The third kappa shape index (κ3) is 1.94. The Hall–Kier alpha value is -1.57. The van der Waals surface area contributed by atoms with Gasteiger partial charge in [-0.1, -0.05) is 36.9 Å². The van der Waals surface area contributed by atoms with Crippen LogP contribution in [0.1, 0.15) is 25.0 Å². The summed E-state index contributed by atoms with van der Waals surface area (Å²) in [5, 5.41) is 3.38. The first kappa shape index (κ1) is 9.97. The number of nitrogens with one attached hydrogen (secondary N) is 1. The van der Waals surface area contributed by atoms with Crippen molar-refractivity contribution in [3.8, 4) is 0 Å². The smallest absolute Gasteiger partial charge is 0.128 e. The van der Waals surface area contributed by atoms with Gasteiger partial charge in [0.05, 0.1) is 6.04 Å². The molecule has 78 valence electrons. The largest absolute Gasteiger partial charge is 0.365 e. The highest BCUT2D eigenvalue weighted by Gasteiger charge is 2.20. The Bertz CT molecular complexity index is 390. The minimum Gasteiger partial charge on any atom is -0.365 e. The third-order valence-electron chi connectivity index (χ3n) is 2.84. The van der Waals surface area contributed by atoms with Crippen molar-refractivity contribution in [3.63, 3.8) is 0 Å². The summed E-state index contributed by atoms with van der Waals surface area (Å²) < 4.78 is 0. The van der Waals surface area contributed by atoms with Crippen LogP contribution < -0.4 is 5.32 Å². The first-order chi connectivity index (χ1) is 7.20. The predicted octanol–water partition coefficient (Wildman–Crippen LogP) is 2.46. The topological polar surface area (TPSA) is 24.4 Å². The second-order valence-corrected chi connectivity index (χ2v) is 3.98. The molecule has 2 atom stereocenters. The van der Waals surface area contributed by atoms with Crippen molar-refractivity contribution in [2.75, 3.05) is 0 Å². The molecule has 0 aliphatic carbocycles. The van der Waals surface area contributed by atoms with Gasteiger partial charge in [0.2, 0.25) is 0 Å². The number of hydrogen-bond acceptors (Lipinski definition) is 2. The molecule has 0 aromatic heterocycles. The maximum atomic E-state index is 4.57. The van der Waals surface area contributed by atoms with Gasteiger partial charge in [0.15, 0.2) is 0 Å². The monoisotopic (exact) mass is 200 g/mol. The van der Waals surface area contributed by atoms with Crippen molar-refractivity contribution in [3.05, 3.63) is 42.0 Å². The highest BCUT2D eigenvalue weighted by molar-refractivity contribution is 6.00. The number of hydrogen-bond donors (Lipinski definition) is 1. The van der Waals surface area contributed by atoms with Crippen LogP contribution in [-0.4, -0.2) is 17.9 Å². The van der Waals surface area contributed by atoms with Crippen LogP contribution in [0.2, 0.25) is 0 Å². The van der Waals surface area contributed by atoms with E-state index in [0.29, 0.717) is 12.1 Å². The molecule has 2 rings (SSSR count). The molecule has 1 N–H and O–H groups in total. The molecule has 1 aliphatic heterocycles. The fraction of sp³-hybridized carbons (Fsp3) is 0.308. The summed E-state index contributed by atoms with van der Waals surface area (Å²) in [6, 6.07) is 9.06. The van der Waals surface area contributed by atoms with E-state index in [0.717, 1.165) is 17.0 Å². The van der Waals surface area contributed by atoms with Crippen LogP contribution in [0, 0.1) is 0 Å². The van der Waals surface area contributed by atoms with E-state index in [-0.39, 0.29) is 0 Å². The van der Waals surface area contributed by atoms with Gasteiger partial charge in [-0.2, -0.15) is 0 Å². The van der Waals surface area contributed by atoms with Crippen molar-refractivity contribution < 1.29 is 0 Å². The molecule has 1 aromatic rings. The maximum absolute atomic E-state index is 4.57. The summed E-state index contributed by atoms with van der Waals surface area (Å²) in [6.45, 7) is 8.02. The fourth-order valence-electron chi connectivity index (χ4n) is 1.62. The molecule has 0 amide bonds. The Morgan fingerprint density at radius 3 is 2.40 bits per heavy atom. The van der Waals surface area contributed by atoms with E-state index in [1.165, 1.54) is 0 Å². The molecule has 0 spiro atoms. The van der Waals surface area contributed by atoms with Gasteiger partial charge in [-0.25, -0.2) is 0 Å². The van der Waals surface area contributed by atoms with E-state index in [2.05, 4.69) is 55.0 Å². The molecule has 1 heterocycles. The second kappa shape index (κ2) is 3.89. The average molecular weight is 200 g/mol. The van der Waals surface area contributed by atoms with Gasteiger partial charge >= 0.3 is 0 Å². The highest BCUT2D eigenvalue weighted by atomic mass is 15.1. The lowest BCUT2D eigenvalue weighted by Crippen LogP contribution is -2.30. The van der Waals surface area contributed by atoms with Gasteiger partial charge in [0, 0.05) is 11.6 Å². The molecule has 1 aromatic carbocycles. The lowest BCUT2D eigenvalue weighted by molar-refractivity contribution is 0.601. The van der Waals surface area contributed by atoms with Gasteiger partial charge in [-0.15, -0.1) is 0 Å². The van der Waals surface area contributed by atoms with Gasteiger partial charge in [-0.05, 0) is 19.4 Å². The number of rotatable bonds is 2. The first-order valence-corrected chi connectivity index (χ1v) is 5.28. The minimum absolute atomic E-state index is 0.360. The van der Waals surface area contributed by atoms with Gasteiger partial charge in [0.25, 0.3) is 0 Å². The average Bonchev–Trinajstić information content (AvgIpc) is 2.59. The zero-order chi connectivity index (χ0) is 10.8. The SMILES string of the molecule is C=Cc1ccc(C2=NC(C)C(C)N2)cc1. The molecule has 2 unspecified atom stereocenters. The Labute approximate surface area is 90.7 Å². The van der Waals surface area contributed by atoms with E-state index in [1.54, 1.807) is 0 Å². The molecule has 0 saturated heterocycles. The predicted molar refractivity (Wildman–Crippen MR) is 65.1 cm³/mol. The molecule has 0 saturated carbocycles. The zero-order valence-electron chi connectivity index (χ0n) is 9.20. The summed E-state index contributed by atoms with van der Waals surface area (Å²) >= 11 is 0. The van der Waals surface area contributed by atoms with Crippen molar-refractivity contribution in [2.24, 2.45) is 4.99 Å². The number of amidine groups is 1. The van der Waals surface area contributed by atoms with Crippen LogP contribution in [0.3, 0.4) is 0 Å². The Morgan fingerprint density at radius 2 is 1.93 bits per heavy atom. The van der Waals surface area contributed by atoms with Crippen LogP contribution >= 0.6 is 0 Å². The van der Waals surface area contributed by atoms with E-state index in [1.807, 2.05) is 6.08 Å². The van der Waals surface area contributed by atoms with Crippen molar-refractivity contribution in [1.82, 2.24) is 5.32 Å². The molecule has 0 fully saturated rings. The maximum Gasteiger partial charge on any atom is 0.128 e. The second-order valence-electron chi connectivity index (χ2n) is 3.98. The normalized spacial score (nSPS) is 24.5.